The molecule has 0 saturated carbocycles. The molecule has 2 N–H and O–H groups in total. The Balaban J connectivity index is 2.57. The van der Waals surface area contributed by atoms with Crippen molar-refractivity contribution in [2.75, 3.05) is 0 Å². The summed E-state index contributed by atoms with van der Waals surface area (Å²) in [6.45, 7) is 3.53. The molecule has 0 aromatic heterocycles. The fourth-order valence-electron chi connectivity index (χ4n) is 1.58. The van der Waals surface area contributed by atoms with Crippen molar-refractivity contribution in [2.45, 2.75) is 45.3 Å². The van der Waals surface area contributed by atoms with Gasteiger partial charge in [-0.25, -0.2) is 4.79 Å². The molecule has 0 spiro atoms. The minimum absolute atomic E-state index is 0.308. The van der Waals surface area contributed by atoms with Crippen molar-refractivity contribution in [2.24, 2.45) is 0 Å². The summed E-state index contributed by atoms with van der Waals surface area (Å²) in [5.74, 6) is -0.388. The van der Waals surface area contributed by atoms with Crippen molar-refractivity contribution in [3.63, 3.8) is 0 Å². The zero-order valence-electron chi connectivity index (χ0n) is 10.8. The number of carboxylic acids is 1. The molecular weight excluding hydrogens is 232 g/mol. The van der Waals surface area contributed by atoms with E-state index in [4.69, 9.17) is 9.84 Å². The van der Waals surface area contributed by atoms with Crippen LogP contribution in [0.3, 0.4) is 0 Å². The molecule has 0 bridgehead atoms. The van der Waals surface area contributed by atoms with Gasteiger partial charge in [-0.2, -0.15) is 0 Å². The van der Waals surface area contributed by atoms with Crippen molar-refractivity contribution >= 4 is 5.97 Å². The molecule has 100 valence electrons. The number of benzene rings is 1. The Bertz CT molecular complexity index is 370. The minimum Gasteiger partial charge on any atom is -0.479 e. The van der Waals surface area contributed by atoms with Crippen LogP contribution in [0.5, 0.6) is 5.75 Å². The largest absolute Gasteiger partial charge is 0.479 e. The highest BCUT2D eigenvalue weighted by Gasteiger charge is 2.16. The maximum absolute atomic E-state index is 10.8. The molecule has 4 nitrogen and oxygen atoms in total. The summed E-state index contributed by atoms with van der Waals surface area (Å²) >= 11 is 0. The summed E-state index contributed by atoms with van der Waals surface area (Å²) in [5, 5.41) is 18.1. The molecule has 2 unspecified atom stereocenters. The number of hydrogen-bond donors (Lipinski definition) is 2. The van der Waals surface area contributed by atoms with Crippen LogP contribution in [-0.2, 0) is 11.2 Å². The lowest BCUT2D eigenvalue weighted by molar-refractivity contribution is -0.145. The number of rotatable bonds is 7. The second kappa shape index (κ2) is 7.01. The zero-order chi connectivity index (χ0) is 13.5. The van der Waals surface area contributed by atoms with E-state index in [0.717, 1.165) is 12.0 Å². The van der Waals surface area contributed by atoms with Gasteiger partial charge in [0.2, 0.25) is 0 Å². The summed E-state index contributed by atoms with van der Waals surface area (Å²) in [4.78, 5) is 10.8. The highest BCUT2D eigenvalue weighted by Crippen LogP contribution is 2.16. The lowest BCUT2D eigenvalue weighted by Crippen LogP contribution is -2.25. The number of aliphatic hydroxyl groups is 1. The smallest absolute Gasteiger partial charge is 0.344 e. The maximum atomic E-state index is 10.8. The topological polar surface area (TPSA) is 66.8 Å². The first kappa shape index (κ1) is 14.5. The highest BCUT2D eigenvalue weighted by molar-refractivity contribution is 5.72. The molecule has 0 heterocycles. The van der Waals surface area contributed by atoms with Gasteiger partial charge >= 0.3 is 5.97 Å². The number of carbonyl (C=O) groups is 1. The second-order valence-electron chi connectivity index (χ2n) is 4.38. The Hall–Kier alpha value is -1.55. The fourth-order valence-corrected chi connectivity index (χ4v) is 1.58. The highest BCUT2D eigenvalue weighted by atomic mass is 16.5. The lowest BCUT2D eigenvalue weighted by atomic mass is 10.1. The first-order chi connectivity index (χ1) is 8.52. The van der Waals surface area contributed by atoms with E-state index in [1.54, 1.807) is 26.0 Å². The molecule has 18 heavy (non-hydrogen) atoms. The molecule has 1 rings (SSSR count). The van der Waals surface area contributed by atoms with E-state index in [1.807, 2.05) is 12.1 Å². The van der Waals surface area contributed by atoms with E-state index in [0.29, 0.717) is 18.6 Å². The molecule has 4 heteroatoms. The third kappa shape index (κ3) is 4.75. The average molecular weight is 252 g/mol. The molecule has 0 fully saturated rings. The Kier molecular flexibility index (Phi) is 5.65. The minimum atomic E-state index is -0.948. The lowest BCUT2D eigenvalue weighted by Gasteiger charge is -2.13. The molecule has 0 saturated heterocycles. The van der Waals surface area contributed by atoms with E-state index in [9.17, 15) is 9.90 Å². The molecule has 0 aliphatic carbocycles. The summed E-state index contributed by atoms with van der Waals surface area (Å²) in [5.41, 5.74) is 1.10. The van der Waals surface area contributed by atoms with Gasteiger partial charge in [0.05, 0.1) is 6.10 Å². The van der Waals surface area contributed by atoms with Crippen molar-refractivity contribution in [1.82, 2.24) is 0 Å². The second-order valence-corrected chi connectivity index (χ2v) is 4.38. The Morgan fingerprint density at radius 2 is 1.94 bits per heavy atom. The predicted molar refractivity (Wildman–Crippen MR) is 68.8 cm³/mol. The molecule has 0 amide bonds. The fraction of sp³-hybridized carbons (Fsp3) is 0.500. The van der Waals surface area contributed by atoms with E-state index in [-0.39, 0.29) is 6.10 Å². The monoisotopic (exact) mass is 252 g/mol. The van der Waals surface area contributed by atoms with Crippen LogP contribution in [0.2, 0.25) is 0 Å². The molecule has 2 atom stereocenters. The van der Waals surface area contributed by atoms with Crippen molar-refractivity contribution < 1.29 is 19.7 Å². The Morgan fingerprint density at radius 3 is 2.39 bits per heavy atom. The first-order valence-corrected chi connectivity index (χ1v) is 6.19. The Morgan fingerprint density at radius 1 is 1.33 bits per heavy atom. The van der Waals surface area contributed by atoms with Gasteiger partial charge in [-0.15, -0.1) is 0 Å². The molecule has 0 aliphatic heterocycles. The van der Waals surface area contributed by atoms with Gasteiger partial charge in [-0.3, -0.25) is 0 Å². The number of carboxylic acid groups (broad SMARTS) is 1. The number of ether oxygens (including phenoxy) is 1. The van der Waals surface area contributed by atoms with E-state index < -0.39 is 12.1 Å². The number of aliphatic hydroxyl groups excluding tert-OH is 1. The third-order valence-electron chi connectivity index (χ3n) is 2.70. The normalized spacial score (nSPS) is 13.9. The molecule has 1 aromatic carbocycles. The van der Waals surface area contributed by atoms with E-state index in [1.165, 1.54) is 0 Å². The van der Waals surface area contributed by atoms with Crippen LogP contribution in [0.4, 0.5) is 0 Å². The van der Waals surface area contributed by atoms with Gasteiger partial charge in [0.1, 0.15) is 5.75 Å². The summed E-state index contributed by atoms with van der Waals surface area (Å²) in [6.07, 6.45) is 0.839. The molecular formula is C14H20O4. The van der Waals surface area contributed by atoms with Crippen LogP contribution in [0, 0.1) is 0 Å². The quantitative estimate of drug-likeness (QED) is 0.781. The summed E-state index contributed by atoms with van der Waals surface area (Å²) in [7, 11) is 0. The summed E-state index contributed by atoms with van der Waals surface area (Å²) in [6, 6.07) is 7.32. The van der Waals surface area contributed by atoms with Gasteiger partial charge in [-0.1, -0.05) is 19.1 Å². The van der Waals surface area contributed by atoms with Gasteiger partial charge in [0.25, 0.3) is 0 Å². The van der Waals surface area contributed by atoms with Crippen molar-refractivity contribution in [3.05, 3.63) is 29.8 Å². The van der Waals surface area contributed by atoms with Gasteiger partial charge < -0.3 is 14.9 Å². The molecule has 0 radical (unpaired) electrons. The zero-order valence-corrected chi connectivity index (χ0v) is 10.8. The third-order valence-corrected chi connectivity index (χ3v) is 2.70. The van der Waals surface area contributed by atoms with Crippen LogP contribution in [-0.4, -0.2) is 28.4 Å². The number of aryl methyl sites for hydroxylation is 1. The predicted octanol–water partition coefficient (Wildman–Crippen LogP) is 2.24. The SMILES string of the molecule is CCC(Oc1ccc(CCC(C)O)cc1)C(=O)O. The van der Waals surface area contributed by atoms with Gasteiger partial charge in [0.15, 0.2) is 6.10 Å². The van der Waals surface area contributed by atoms with Crippen LogP contribution >= 0.6 is 0 Å². The van der Waals surface area contributed by atoms with E-state index >= 15 is 0 Å². The molecule has 1 aromatic rings. The number of aliphatic carboxylic acids is 1. The van der Waals surface area contributed by atoms with Crippen molar-refractivity contribution in [1.29, 1.82) is 0 Å². The summed E-state index contributed by atoms with van der Waals surface area (Å²) < 4.78 is 5.36. The van der Waals surface area contributed by atoms with Crippen LogP contribution in [0.25, 0.3) is 0 Å². The average Bonchev–Trinajstić information content (AvgIpc) is 2.34. The van der Waals surface area contributed by atoms with Crippen LogP contribution in [0.15, 0.2) is 24.3 Å². The standard InChI is InChI=1S/C14H20O4/c1-3-13(14(16)17)18-12-8-6-11(7-9-12)5-4-10(2)15/h6-10,13,15H,3-5H2,1-2H3,(H,16,17). The van der Waals surface area contributed by atoms with Crippen LogP contribution in [0.1, 0.15) is 32.3 Å². The van der Waals surface area contributed by atoms with E-state index in [2.05, 4.69) is 0 Å². The maximum Gasteiger partial charge on any atom is 0.344 e. The Labute approximate surface area is 107 Å². The van der Waals surface area contributed by atoms with Gasteiger partial charge in [-0.05, 0) is 43.9 Å². The van der Waals surface area contributed by atoms with Crippen LogP contribution < -0.4 is 4.74 Å². The first-order valence-electron chi connectivity index (χ1n) is 6.19. The van der Waals surface area contributed by atoms with Crippen molar-refractivity contribution in [3.8, 4) is 5.75 Å². The number of hydrogen-bond acceptors (Lipinski definition) is 3. The molecule has 0 aliphatic rings. The van der Waals surface area contributed by atoms with Gasteiger partial charge in [0, 0.05) is 0 Å².